The lowest BCUT2D eigenvalue weighted by molar-refractivity contribution is -0.129. The lowest BCUT2D eigenvalue weighted by atomic mass is 10.0. The second-order valence-electron chi connectivity index (χ2n) is 5.66. The third kappa shape index (κ3) is 3.96. The first kappa shape index (κ1) is 12.8. The zero-order valence-electron chi connectivity index (χ0n) is 10.9. The highest BCUT2D eigenvalue weighted by Gasteiger charge is 2.31. The molecular weight excluding hydrogens is 216 g/mol. The Hall–Kier alpha value is -0.610. The lowest BCUT2D eigenvalue weighted by Gasteiger charge is -2.16. The van der Waals surface area contributed by atoms with Crippen molar-refractivity contribution in [1.29, 1.82) is 0 Å². The Kier molecular flexibility index (Phi) is 4.40. The normalized spacial score (nSPS) is 25.0. The number of hydrogen-bond acceptors (Lipinski definition) is 3. The molecule has 98 valence electrons. The van der Waals surface area contributed by atoms with Crippen LogP contribution in [0.1, 0.15) is 33.1 Å². The van der Waals surface area contributed by atoms with Gasteiger partial charge < -0.3 is 9.64 Å². The van der Waals surface area contributed by atoms with Crippen molar-refractivity contribution in [2.45, 2.75) is 39.2 Å². The fourth-order valence-corrected chi connectivity index (χ4v) is 2.16. The molecule has 0 aromatic heterocycles. The van der Waals surface area contributed by atoms with Crippen LogP contribution in [0.4, 0.5) is 0 Å². The molecule has 1 saturated carbocycles. The number of carbonyl (C=O) groups excluding carboxylic acids is 1. The van der Waals surface area contributed by atoms with E-state index in [1.165, 1.54) is 12.8 Å². The SMILES string of the molecule is CC(C)CC1NCN(CCOCC2CC2)C1=O. The second kappa shape index (κ2) is 5.83. The van der Waals surface area contributed by atoms with E-state index in [-0.39, 0.29) is 11.9 Å². The summed E-state index contributed by atoms with van der Waals surface area (Å²) in [5.41, 5.74) is 0. The van der Waals surface area contributed by atoms with E-state index in [0.29, 0.717) is 19.2 Å². The first-order valence-corrected chi connectivity index (χ1v) is 6.76. The van der Waals surface area contributed by atoms with Crippen molar-refractivity contribution in [3.63, 3.8) is 0 Å². The van der Waals surface area contributed by atoms with Gasteiger partial charge in [0.1, 0.15) is 0 Å². The molecule has 17 heavy (non-hydrogen) atoms. The minimum atomic E-state index is 0.0263. The summed E-state index contributed by atoms with van der Waals surface area (Å²) in [4.78, 5) is 13.9. The first-order chi connectivity index (χ1) is 8.16. The second-order valence-corrected chi connectivity index (χ2v) is 5.66. The minimum absolute atomic E-state index is 0.0263. The van der Waals surface area contributed by atoms with Crippen LogP contribution in [0.25, 0.3) is 0 Å². The van der Waals surface area contributed by atoms with Crippen molar-refractivity contribution < 1.29 is 9.53 Å². The molecule has 1 amide bonds. The van der Waals surface area contributed by atoms with E-state index in [2.05, 4.69) is 19.2 Å². The van der Waals surface area contributed by atoms with E-state index < -0.39 is 0 Å². The third-order valence-electron chi connectivity index (χ3n) is 3.40. The highest BCUT2D eigenvalue weighted by atomic mass is 16.5. The predicted molar refractivity (Wildman–Crippen MR) is 66.5 cm³/mol. The van der Waals surface area contributed by atoms with Crippen molar-refractivity contribution in [1.82, 2.24) is 10.2 Å². The monoisotopic (exact) mass is 240 g/mol. The minimum Gasteiger partial charge on any atom is -0.379 e. The molecular formula is C13H24N2O2. The van der Waals surface area contributed by atoms with Crippen LogP contribution in [0.5, 0.6) is 0 Å². The van der Waals surface area contributed by atoms with Crippen molar-refractivity contribution >= 4 is 5.91 Å². The summed E-state index contributed by atoms with van der Waals surface area (Å²) in [6.45, 7) is 7.27. The van der Waals surface area contributed by atoms with Crippen LogP contribution in [0, 0.1) is 11.8 Å². The Balaban J connectivity index is 1.62. The van der Waals surface area contributed by atoms with Gasteiger partial charge in [-0.3, -0.25) is 10.1 Å². The van der Waals surface area contributed by atoms with Crippen molar-refractivity contribution in [2.24, 2.45) is 11.8 Å². The van der Waals surface area contributed by atoms with Crippen LogP contribution >= 0.6 is 0 Å². The smallest absolute Gasteiger partial charge is 0.240 e. The molecule has 4 nitrogen and oxygen atoms in total. The van der Waals surface area contributed by atoms with Gasteiger partial charge in [0.25, 0.3) is 0 Å². The van der Waals surface area contributed by atoms with Gasteiger partial charge in [-0.15, -0.1) is 0 Å². The fraction of sp³-hybridized carbons (Fsp3) is 0.923. The molecule has 2 aliphatic rings. The number of carbonyl (C=O) groups is 1. The van der Waals surface area contributed by atoms with Gasteiger partial charge in [0, 0.05) is 13.2 Å². The van der Waals surface area contributed by atoms with Crippen LogP contribution in [0.15, 0.2) is 0 Å². The molecule has 1 unspecified atom stereocenters. The molecule has 1 aliphatic carbocycles. The molecule has 1 heterocycles. The van der Waals surface area contributed by atoms with Crippen LogP contribution in [-0.4, -0.2) is 43.3 Å². The molecule has 0 aromatic rings. The van der Waals surface area contributed by atoms with E-state index in [1.54, 1.807) is 0 Å². The summed E-state index contributed by atoms with van der Waals surface area (Å²) in [6.07, 6.45) is 3.57. The molecule has 1 N–H and O–H groups in total. The number of rotatable bonds is 7. The molecule has 2 rings (SSSR count). The van der Waals surface area contributed by atoms with E-state index in [1.807, 2.05) is 4.90 Å². The maximum atomic E-state index is 12.0. The average Bonchev–Trinajstić information content (AvgIpc) is 3.03. The number of amides is 1. The Bertz CT molecular complexity index is 264. The quantitative estimate of drug-likeness (QED) is 0.680. The van der Waals surface area contributed by atoms with Crippen molar-refractivity contribution in [3.8, 4) is 0 Å². The predicted octanol–water partition coefficient (Wildman–Crippen LogP) is 1.22. The summed E-state index contributed by atoms with van der Waals surface area (Å²) in [5, 5.41) is 3.27. The van der Waals surface area contributed by atoms with E-state index in [9.17, 15) is 4.79 Å². The molecule has 0 radical (unpaired) electrons. The van der Waals surface area contributed by atoms with Crippen LogP contribution in [0.2, 0.25) is 0 Å². The van der Waals surface area contributed by atoms with Crippen LogP contribution < -0.4 is 5.32 Å². The Labute approximate surface area is 104 Å². The summed E-state index contributed by atoms with van der Waals surface area (Å²) in [6, 6.07) is 0.0263. The Morgan fingerprint density at radius 3 is 2.88 bits per heavy atom. The lowest BCUT2D eigenvalue weighted by Crippen LogP contribution is -2.33. The molecule has 0 spiro atoms. The van der Waals surface area contributed by atoms with Gasteiger partial charge in [-0.1, -0.05) is 13.8 Å². The molecule has 1 saturated heterocycles. The van der Waals surface area contributed by atoms with E-state index >= 15 is 0 Å². The zero-order valence-corrected chi connectivity index (χ0v) is 10.9. The van der Waals surface area contributed by atoms with Gasteiger partial charge in [0.15, 0.2) is 0 Å². The van der Waals surface area contributed by atoms with Gasteiger partial charge in [0.2, 0.25) is 5.91 Å². The highest BCUT2D eigenvalue weighted by molar-refractivity contribution is 5.83. The van der Waals surface area contributed by atoms with Gasteiger partial charge in [-0.25, -0.2) is 0 Å². The van der Waals surface area contributed by atoms with Gasteiger partial charge in [0.05, 0.1) is 19.3 Å². The summed E-state index contributed by atoms with van der Waals surface area (Å²) in [7, 11) is 0. The largest absolute Gasteiger partial charge is 0.379 e. The number of hydrogen-bond donors (Lipinski definition) is 1. The number of nitrogens with one attached hydrogen (secondary N) is 1. The Morgan fingerprint density at radius 1 is 1.47 bits per heavy atom. The summed E-state index contributed by atoms with van der Waals surface area (Å²) >= 11 is 0. The van der Waals surface area contributed by atoms with Crippen LogP contribution in [0.3, 0.4) is 0 Å². The van der Waals surface area contributed by atoms with Crippen molar-refractivity contribution in [3.05, 3.63) is 0 Å². The topological polar surface area (TPSA) is 41.6 Å². The van der Waals surface area contributed by atoms with Crippen LogP contribution in [-0.2, 0) is 9.53 Å². The Morgan fingerprint density at radius 2 is 2.24 bits per heavy atom. The fourth-order valence-electron chi connectivity index (χ4n) is 2.16. The zero-order chi connectivity index (χ0) is 12.3. The molecule has 0 bridgehead atoms. The van der Waals surface area contributed by atoms with Gasteiger partial charge in [-0.2, -0.15) is 0 Å². The molecule has 1 aliphatic heterocycles. The number of ether oxygens (including phenoxy) is 1. The van der Waals surface area contributed by atoms with Gasteiger partial charge >= 0.3 is 0 Å². The maximum absolute atomic E-state index is 12.0. The molecule has 4 heteroatoms. The summed E-state index contributed by atoms with van der Waals surface area (Å²) in [5.74, 6) is 1.60. The standard InChI is InChI=1S/C13H24N2O2/c1-10(2)7-12-13(16)15(9-14-12)5-6-17-8-11-3-4-11/h10-12,14H,3-9H2,1-2H3. The van der Waals surface area contributed by atoms with E-state index in [0.717, 1.165) is 25.5 Å². The maximum Gasteiger partial charge on any atom is 0.240 e. The summed E-state index contributed by atoms with van der Waals surface area (Å²) < 4.78 is 5.56. The molecule has 1 atom stereocenters. The van der Waals surface area contributed by atoms with Gasteiger partial charge in [-0.05, 0) is 31.1 Å². The average molecular weight is 240 g/mol. The molecule has 2 fully saturated rings. The number of nitrogens with zero attached hydrogens (tertiary/aromatic N) is 1. The highest BCUT2D eigenvalue weighted by Crippen LogP contribution is 2.28. The molecule has 0 aromatic carbocycles. The van der Waals surface area contributed by atoms with Crippen molar-refractivity contribution in [2.75, 3.05) is 26.4 Å². The van der Waals surface area contributed by atoms with E-state index in [4.69, 9.17) is 4.74 Å². The third-order valence-corrected chi connectivity index (χ3v) is 3.40. The first-order valence-electron chi connectivity index (χ1n) is 6.76.